The second-order valence-electron chi connectivity index (χ2n) is 4.12. The maximum Gasteiger partial charge on any atom is 2.00 e. The maximum absolute atomic E-state index is 10.3. The summed E-state index contributed by atoms with van der Waals surface area (Å²) in [6, 6.07) is 10.1. The summed E-state index contributed by atoms with van der Waals surface area (Å²) in [4.78, 5) is 39.6. The second kappa shape index (κ2) is 9.75. The van der Waals surface area contributed by atoms with Crippen molar-refractivity contribution in [2.24, 2.45) is 0 Å². The van der Waals surface area contributed by atoms with Gasteiger partial charge in [0.1, 0.15) is 0 Å². The Morgan fingerprint density at radius 2 is 0.960 bits per heavy atom. The summed E-state index contributed by atoms with van der Waals surface area (Å²) in [7, 11) is 0. The molecule has 0 spiro atoms. The van der Waals surface area contributed by atoms with E-state index >= 15 is 0 Å². The van der Waals surface area contributed by atoms with E-state index in [1.807, 2.05) is 0 Å². The predicted octanol–water partition coefficient (Wildman–Crippen LogP) is -0.0859. The third-order valence-electron chi connectivity index (χ3n) is 2.64. The molecule has 0 N–H and O–H groups in total. The quantitative estimate of drug-likeness (QED) is 0.398. The first-order chi connectivity index (χ1) is 11.3. The van der Waals surface area contributed by atoms with Gasteiger partial charge in [0.15, 0.2) is 0 Å². The van der Waals surface area contributed by atoms with Gasteiger partial charge in [0.05, 0.1) is 32.9 Å². The Bertz CT molecular complexity index is 675. The van der Waals surface area contributed by atoms with Crippen molar-refractivity contribution in [3.63, 3.8) is 0 Å². The Morgan fingerprint density at radius 1 is 0.680 bits per heavy atom. The normalized spacial score (nSPS) is 8.96. The molecule has 0 bridgehead atoms. The topological polar surface area (TPSA) is 167 Å². The Labute approximate surface area is 150 Å². The molecule has 0 aliphatic carbocycles. The monoisotopic (exact) mass is 388 g/mol. The first-order valence-corrected chi connectivity index (χ1v) is 6.15. The van der Waals surface area contributed by atoms with Crippen LogP contribution in [0.15, 0.2) is 48.5 Å². The number of rotatable bonds is 4. The van der Waals surface area contributed by atoms with Crippen LogP contribution in [0.2, 0.25) is 0 Å². The molecule has 10 nitrogen and oxygen atoms in total. The SMILES string of the molecule is O=C([O-])c1ccccc1[N+](=O)[O-].O=C([O-])c1ccccc1[N+](=O)[O-].[Fe+2]. The van der Waals surface area contributed by atoms with Gasteiger partial charge in [-0.05, 0) is 12.1 Å². The fourth-order valence-electron chi connectivity index (χ4n) is 1.61. The Hall–Kier alpha value is -3.30. The van der Waals surface area contributed by atoms with Crippen LogP contribution < -0.4 is 10.2 Å². The second-order valence-corrected chi connectivity index (χ2v) is 4.12. The van der Waals surface area contributed by atoms with E-state index in [1.165, 1.54) is 24.3 Å². The molecule has 2 aromatic rings. The first kappa shape index (κ1) is 21.7. The minimum absolute atomic E-state index is 0. The number of carbonyl (C=O) groups excluding carboxylic acids is 2. The first-order valence-electron chi connectivity index (χ1n) is 6.15. The molecule has 0 saturated carbocycles. The van der Waals surface area contributed by atoms with Gasteiger partial charge in [-0.15, -0.1) is 0 Å². The Balaban J connectivity index is 0.000000443. The van der Waals surface area contributed by atoms with E-state index in [9.17, 15) is 40.0 Å². The summed E-state index contributed by atoms with van der Waals surface area (Å²) in [5.74, 6) is -3.08. The minimum atomic E-state index is -1.54. The van der Waals surface area contributed by atoms with Gasteiger partial charge < -0.3 is 19.8 Å². The Kier molecular flexibility index (Phi) is 8.47. The number of carboxylic acid groups (broad SMARTS) is 2. The standard InChI is InChI=1S/2C7H5NO4.Fe/c2*9-7(10)5-3-1-2-4-6(5)8(11)12;/h2*1-4H,(H,9,10);/q;;+2/p-2. The zero-order chi connectivity index (χ0) is 18.3. The van der Waals surface area contributed by atoms with Crippen LogP contribution in [0, 0.1) is 20.2 Å². The molecule has 130 valence electrons. The molecule has 0 unspecified atom stereocenters. The average molecular weight is 388 g/mol. The number of para-hydroxylation sites is 2. The van der Waals surface area contributed by atoms with E-state index < -0.39 is 44.3 Å². The third-order valence-corrected chi connectivity index (χ3v) is 2.64. The van der Waals surface area contributed by atoms with Crippen LogP contribution in [0.3, 0.4) is 0 Å². The van der Waals surface area contributed by atoms with Crippen LogP contribution in [0.25, 0.3) is 0 Å². The van der Waals surface area contributed by atoms with Crippen molar-refractivity contribution in [3.05, 3.63) is 79.9 Å². The van der Waals surface area contributed by atoms with Crippen molar-refractivity contribution in [1.82, 2.24) is 0 Å². The zero-order valence-corrected chi connectivity index (χ0v) is 13.2. The van der Waals surface area contributed by atoms with Gasteiger partial charge >= 0.3 is 17.1 Å². The fourth-order valence-corrected chi connectivity index (χ4v) is 1.61. The van der Waals surface area contributed by atoms with Crippen LogP contribution in [0.5, 0.6) is 0 Å². The molecule has 0 aromatic heterocycles. The smallest absolute Gasteiger partial charge is 0.545 e. The van der Waals surface area contributed by atoms with Gasteiger partial charge in [-0.1, -0.05) is 24.3 Å². The fraction of sp³-hybridized carbons (Fsp3) is 0. The summed E-state index contributed by atoms with van der Waals surface area (Å²) >= 11 is 0. The van der Waals surface area contributed by atoms with Crippen molar-refractivity contribution in [2.45, 2.75) is 0 Å². The van der Waals surface area contributed by atoms with E-state index in [4.69, 9.17) is 0 Å². The van der Waals surface area contributed by atoms with E-state index in [0.717, 1.165) is 24.3 Å². The molecular formula is C14H8FeN2O8. The number of carboxylic acids is 2. The molecule has 0 heterocycles. The van der Waals surface area contributed by atoms with Gasteiger partial charge in [0.25, 0.3) is 11.4 Å². The zero-order valence-electron chi connectivity index (χ0n) is 12.1. The maximum atomic E-state index is 10.3. The molecule has 25 heavy (non-hydrogen) atoms. The van der Waals surface area contributed by atoms with E-state index in [1.54, 1.807) is 0 Å². The van der Waals surface area contributed by atoms with Crippen molar-refractivity contribution in [1.29, 1.82) is 0 Å². The van der Waals surface area contributed by atoms with Gasteiger partial charge in [-0.25, -0.2) is 0 Å². The van der Waals surface area contributed by atoms with Gasteiger partial charge in [-0.2, -0.15) is 0 Å². The molecule has 0 aliphatic rings. The van der Waals surface area contributed by atoms with Gasteiger partial charge in [0.2, 0.25) is 0 Å². The molecule has 11 heteroatoms. The molecule has 0 fully saturated rings. The molecule has 2 aromatic carbocycles. The number of carbonyl (C=O) groups is 2. The number of hydrogen-bond donors (Lipinski definition) is 0. The summed E-state index contributed by atoms with van der Waals surface area (Å²) in [6.45, 7) is 0. The van der Waals surface area contributed by atoms with E-state index in [-0.39, 0.29) is 17.1 Å². The number of nitrogens with zero attached hydrogens (tertiary/aromatic N) is 2. The third kappa shape index (κ3) is 6.01. The Morgan fingerprint density at radius 3 is 1.16 bits per heavy atom. The number of nitro groups is 2. The predicted molar refractivity (Wildman–Crippen MR) is 74.9 cm³/mol. The van der Waals surface area contributed by atoms with Crippen LogP contribution in [0.1, 0.15) is 20.7 Å². The number of aromatic carboxylic acids is 2. The summed E-state index contributed by atoms with van der Waals surface area (Å²) in [5.41, 5.74) is -1.69. The van der Waals surface area contributed by atoms with Crippen molar-refractivity contribution in [3.8, 4) is 0 Å². The summed E-state index contributed by atoms with van der Waals surface area (Å²) < 4.78 is 0. The van der Waals surface area contributed by atoms with Crippen LogP contribution >= 0.6 is 0 Å². The molecule has 2 rings (SSSR count). The van der Waals surface area contributed by atoms with Crippen molar-refractivity contribution in [2.75, 3.05) is 0 Å². The molecular weight excluding hydrogens is 380 g/mol. The molecule has 0 amide bonds. The molecule has 0 atom stereocenters. The minimum Gasteiger partial charge on any atom is -0.545 e. The number of hydrogen-bond acceptors (Lipinski definition) is 8. The largest absolute Gasteiger partial charge is 2.00 e. The van der Waals surface area contributed by atoms with Crippen LogP contribution in [0.4, 0.5) is 11.4 Å². The summed E-state index contributed by atoms with van der Waals surface area (Å²) in [5, 5.41) is 41.1. The molecule has 0 saturated heterocycles. The van der Waals surface area contributed by atoms with Gasteiger partial charge in [0, 0.05) is 12.1 Å². The number of nitro benzene ring substituents is 2. The molecule has 0 radical (unpaired) electrons. The van der Waals surface area contributed by atoms with Crippen molar-refractivity contribution >= 4 is 23.3 Å². The number of benzene rings is 2. The van der Waals surface area contributed by atoms with Gasteiger partial charge in [-0.3, -0.25) is 20.2 Å². The van der Waals surface area contributed by atoms with E-state index in [2.05, 4.69) is 0 Å². The average Bonchev–Trinajstić information content (AvgIpc) is 2.55. The van der Waals surface area contributed by atoms with E-state index in [0.29, 0.717) is 0 Å². The van der Waals surface area contributed by atoms with Crippen molar-refractivity contribution < 1.29 is 46.7 Å². The molecule has 0 aliphatic heterocycles. The van der Waals surface area contributed by atoms with Crippen LogP contribution in [-0.4, -0.2) is 21.8 Å². The van der Waals surface area contributed by atoms with Crippen LogP contribution in [-0.2, 0) is 17.1 Å². The summed E-state index contributed by atoms with van der Waals surface area (Å²) in [6.07, 6.45) is 0.